The Morgan fingerprint density at radius 2 is 2.03 bits per heavy atom. The van der Waals surface area contributed by atoms with Crippen molar-refractivity contribution in [3.63, 3.8) is 0 Å². The van der Waals surface area contributed by atoms with Gasteiger partial charge >= 0.3 is 0 Å². The van der Waals surface area contributed by atoms with Gasteiger partial charge in [-0.15, -0.1) is 5.10 Å². The zero-order valence-electron chi connectivity index (χ0n) is 17.9. The van der Waals surface area contributed by atoms with Crippen molar-refractivity contribution in [3.05, 3.63) is 41.2 Å². The van der Waals surface area contributed by atoms with Crippen LogP contribution in [-0.4, -0.2) is 57.3 Å². The molecule has 3 aromatic rings. The highest BCUT2D eigenvalue weighted by atomic mass is 32.2. The number of hydrogen-bond acceptors (Lipinski definition) is 7. The van der Waals surface area contributed by atoms with E-state index in [2.05, 4.69) is 20.4 Å². The van der Waals surface area contributed by atoms with Gasteiger partial charge in [0.15, 0.2) is 6.10 Å². The molecule has 0 saturated heterocycles. The number of ether oxygens (including phenoxy) is 1. The predicted molar refractivity (Wildman–Crippen MR) is 118 cm³/mol. The number of likely N-dealkylation sites (N-methyl/N-ethyl adjacent to an activating group) is 1. The molecule has 1 aliphatic heterocycles. The number of fused-ring (bicyclic) bond motifs is 2. The summed E-state index contributed by atoms with van der Waals surface area (Å²) in [6.07, 6.45) is 1.96. The Bertz CT molecular complexity index is 1160. The second-order valence-corrected chi connectivity index (χ2v) is 8.04. The van der Waals surface area contributed by atoms with Crippen LogP contribution in [0.4, 0.5) is 5.69 Å². The Morgan fingerprint density at radius 3 is 2.77 bits per heavy atom. The molecule has 9 nitrogen and oxygen atoms in total. The van der Waals surface area contributed by atoms with E-state index in [9.17, 15) is 9.59 Å². The summed E-state index contributed by atoms with van der Waals surface area (Å²) in [5, 5.41) is 7.72. The van der Waals surface area contributed by atoms with E-state index in [1.807, 2.05) is 38.3 Å². The number of rotatable bonds is 5. The van der Waals surface area contributed by atoms with Gasteiger partial charge in [-0.25, -0.2) is 9.50 Å². The molecule has 0 fully saturated rings. The van der Waals surface area contributed by atoms with Crippen LogP contribution in [0.5, 0.6) is 5.75 Å². The summed E-state index contributed by atoms with van der Waals surface area (Å²) < 4.78 is 7.52. The van der Waals surface area contributed by atoms with Gasteiger partial charge in [0, 0.05) is 24.9 Å². The monoisotopic (exact) mass is 440 g/mol. The molecule has 2 aromatic heterocycles. The molecule has 1 N–H and O–H groups in total. The maximum atomic E-state index is 13.2. The van der Waals surface area contributed by atoms with Crippen LogP contribution in [0, 0.1) is 13.8 Å². The van der Waals surface area contributed by atoms with Crippen LogP contribution >= 0.6 is 11.8 Å². The highest BCUT2D eigenvalue weighted by Crippen LogP contribution is 2.33. The number of benzene rings is 1. The maximum absolute atomic E-state index is 13.2. The van der Waals surface area contributed by atoms with E-state index in [0.29, 0.717) is 28.8 Å². The van der Waals surface area contributed by atoms with E-state index in [4.69, 9.17) is 4.74 Å². The Labute approximate surface area is 184 Å². The molecule has 0 saturated carbocycles. The molecule has 2 amide bonds. The first-order valence-electron chi connectivity index (χ1n) is 9.97. The molecule has 1 unspecified atom stereocenters. The van der Waals surface area contributed by atoms with Crippen molar-refractivity contribution in [1.82, 2.24) is 24.9 Å². The summed E-state index contributed by atoms with van der Waals surface area (Å²) in [7, 11) is 1.56. The van der Waals surface area contributed by atoms with Crippen LogP contribution in [0.1, 0.15) is 23.4 Å². The summed E-state index contributed by atoms with van der Waals surface area (Å²) >= 11 is 1.46. The summed E-state index contributed by atoms with van der Waals surface area (Å²) in [6, 6.07) is 7.27. The van der Waals surface area contributed by atoms with Crippen LogP contribution in [-0.2, 0) is 16.0 Å². The number of hydrogen-bond donors (Lipinski definition) is 1. The Morgan fingerprint density at radius 1 is 1.26 bits per heavy atom. The van der Waals surface area contributed by atoms with Crippen molar-refractivity contribution in [2.24, 2.45) is 0 Å². The van der Waals surface area contributed by atoms with Gasteiger partial charge in [0.05, 0.1) is 12.2 Å². The van der Waals surface area contributed by atoms with Crippen LogP contribution in [0.15, 0.2) is 29.4 Å². The third kappa shape index (κ3) is 3.95. The molecule has 0 spiro atoms. The minimum absolute atomic E-state index is 0.0769. The predicted octanol–water partition coefficient (Wildman–Crippen LogP) is 1.94. The third-order valence-electron chi connectivity index (χ3n) is 5.41. The van der Waals surface area contributed by atoms with Crippen molar-refractivity contribution in [3.8, 4) is 5.75 Å². The highest BCUT2D eigenvalue weighted by Gasteiger charge is 2.33. The molecule has 4 rings (SSSR count). The molecule has 1 atom stereocenters. The lowest BCUT2D eigenvalue weighted by Crippen LogP contribution is -2.50. The van der Waals surface area contributed by atoms with Gasteiger partial charge in [-0.05, 0) is 44.2 Å². The number of aryl methyl sites for hydroxylation is 2. The number of carbonyl (C=O) groups excluding carboxylic acids is 2. The van der Waals surface area contributed by atoms with E-state index < -0.39 is 6.10 Å². The molecule has 1 aromatic carbocycles. The van der Waals surface area contributed by atoms with Crippen molar-refractivity contribution >= 4 is 35.0 Å². The highest BCUT2D eigenvalue weighted by molar-refractivity contribution is 7.98. The van der Waals surface area contributed by atoms with Gasteiger partial charge in [-0.3, -0.25) is 9.59 Å². The molecule has 0 aliphatic carbocycles. The Hall–Kier alpha value is -3.14. The van der Waals surface area contributed by atoms with E-state index >= 15 is 0 Å². The van der Waals surface area contributed by atoms with Gasteiger partial charge < -0.3 is 15.0 Å². The summed E-state index contributed by atoms with van der Waals surface area (Å²) in [4.78, 5) is 36.0. The minimum atomic E-state index is -0.745. The number of aromatic nitrogens is 4. The van der Waals surface area contributed by atoms with Crippen molar-refractivity contribution in [2.75, 3.05) is 24.7 Å². The molecule has 1 aliphatic rings. The van der Waals surface area contributed by atoms with Crippen LogP contribution in [0.3, 0.4) is 0 Å². The van der Waals surface area contributed by atoms with E-state index in [1.165, 1.54) is 11.8 Å². The Balaban J connectivity index is 1.58. The molecule has 31 heavy (non-hydrogen) atoms. The lowest BCUT2D eigenvalue weighted by molar-refractivity contribution is -0.127. The Kier molecular flexibility index (Phi) is 5.81. The molecule has 10 heteroatoms. The first-order valence-corrected chi connectivity index (χ1v) is 11.2. The van der Waals surface area contributed by atoms with Gasteiger partial charge in [0.1, 0.15) is 5.75 Å². The first kappa shape index (κ1) is 21.1. The normalized spacial score (nSPS) is 15.5. The average molecular weight is 441 g/mol. The smallest absolute Gasteiger partial charge is 0.262 e. The summed E-state index contributed by atoms with van der Waals surface area (Å²) in [6.45, 7) is 4.06. The van der Waals surface area contributed by atoms with Crippen molar-refractivity contribution < 1.29 is 14.3 Å². The fourth-order valence-electron chi connectivity index (χ4n) is 3.77. The number of para-hydroxylation sites is 2. The van der Waals surface area contributed by atoms with E-state index in [-0.39, 0.29) is 24.8 Å². The van der Waals surface area contributed by atoms with E-state index in [1.54, 1.807) is 22.5 Å². The molecule has 162 valence electrons. The van der Waals surface area contributed by atoms with Crippen LogP contribution in [0.2, 0.25) is 0 Å². The quantitative estimate of drug-likeness (QED) is 0.605. The minimum Gasteiger partial charge on any atom is -0.477 e. The molecular formula is C21H24N6O3S. The second-order valence-electron chi connectivity index (χ2n) is 7.26. The summed E-state index contributed by atoms with van der Waals surface area (Å²) in [5.41, 5.74) is 3.41. The second kappa shape index (κ2) is 8.54. The maximum Gasteiger partial charge on any atom is 0.262 e. The zero-order valence-corrected chi connectivity index (χ0v) is 18.7. The van der Waals surface area contributed by atoms with Crippen molar-refractivity contribution in [1.29, 1.82) is 0 Å². The molecule has 0 bridgehead atoms. The zero-order chi connectivity index (χ0) is 22.1. The van der Waals surface area contributed by atoms with Crippen LogP contribution < -0.4 is 15.0 Å². The number of anilines is 1. The molecule has 3 heterocycles. The SMILES string of the molecule is CNC(=O)C1CN(C(=O)CCc2c(C)nc3nc(SC)nn3c2C)c2ccccc2O1. The lowest BCUT2D eigenvalue weighted by Gasteiger charge is -2.34. The van der Waals surface area contributed by atoms with Gasteiger partial charge in [0.2, 0.25) is 11.1 Å². The topological polar surface area (TPSA) is 102 Å². The standard InChI is InChI=1S/C21H24N6O3S/c1-12-14(13(2)27-20(23-12)24-21(25-27)31-4)9-10-18(28)26-11-17(19(29)22-3)30-16-8-6-5-7-15(16)26/h5-8,17H,9-11H2,1-4H3,(H,22,29). The number of nitrogens with zero attached hydrogens (tertiary/aromatic N) is 5. The van der Waals surface area contributed by atoms with Gasteiger partial charge in [0.25, 0.3) is 11.7 Å². The fraction of sp³-hybridized carbons (Fsp3) is 0.381. The largest absolute Gasteiger partial charge is 0.477 e. The van der Waals surface area contributed by atoms with E-state index in [0.717, 1.165) is 17.0 Å². The number of nitrogens with one attached hydrogen (secondary N) is 1. The number of amides is 2. The van der Waals surface area contributed by atoms with Crippen LogP contribution in [0.25, 0.3) is 5.78 Å². The third-order valence-corrected chi connectivity index (χ3v) is 5.95. The van der Waals surface area contributed by atoms with Gasteiger partial charge in [-0.2, -0.15) is 4.98 Å². The first-order chi connectivity index (χ1) is 14.9. The molecular weight excluding hydrogens is 416 g/mol. The molecule has 0 radical (unpaired) electrons. The number of thioether (sulfide) groups is 1. The summed E-state index contributed by atoms with van der Waals surface area (Å²) in [5.74, 6) is 0.750. The average Bonchev–Trinajstić information content (AvgIpc) is 3.20. The fourth-order valence-corrected chi connectivity index (χ4v) is 4.11. The van der Waals surface area contributed by atoms with Crippen molar-refractivity contribution in [2.45, 2.75) is 37.9 Å². The van der Waals surface area contributed by atoms with Gasteiger partial charge in [-0.1, -0.05) is 23.9 Å². The lowest BCUT2D eigenvalue weighted by atomic mass is 10.1. The number of carbonyl (C=O) groups is 2.